The van der Waals surface area contributed by atoms with Gasteiger partial charge in [-0.05, 0) is 24.1 Å². The van der Waals surface area contributed by atoms with Crippen molar-refractivity contribution in [2.75, 3.05) is 19.3 Å². The number of carbonyl (C=O) groups excluding carboxylic acids is 1. The summed E-state index contributed by atoms with van der Waals surface area (Å²) in [6.07, 6.45) is 2.23. The second kappa shape index (κ2) is 5.23. The number of likely N-dealkylation sites (N-methyl/N-ethyl adjacent to an activating group) is 1. The minimum atomic E-state index is 0.0362. The molecule has 0 bridgehead atoms. The lowest BCUT2D eigenvalue weighted by molar-refractivity contribution is -0.127. The number of oxazole rings is 1. The molecule has 2 aromatic rings. The highest BCUT2D eigenvalue weighted by Crippen LogP contribution is 2.14. The van der Waals surface area contributed by atoms with E-state index < -0.39 is 0 Å². The van der Waals surface area contributed by atoms with Crippen molar-refractivity contribution in [2.24, 2.45) is 0 Å². The minimum absolute atomic E-state index is 0.0362. The van der Waals surface area contributed by atoms with Crippen LogP contribution in [0.15, 0.2) is 29.0 Å². The second-order valence-corrected chi connectivity index (χ2v) is 4.19. The molecule has 1 amide bonds. The monoisotopic (exact) mass is 250 g/mol. The van der Waals surface area contributed by atoms with Crippen molar-refractivity contribution >= 4 is 29.6 Å². The van der Waals surface area contributed by atoms with Gasteiger partial charge in [-0.25, -0.2) is 4.98 Å². The lowest BCUT2D eigenvalue weighted by Gasteiger charge is -2.15. The standard InChI is InChI=1S/C12H14N2O2S/c1-14(12(15)7-17)5-4-9-2-3-10-11(6-9)16-8-13-10/h2-3,6,8,17H,4-5,7H2,1H3. The lowest BCUT2D eigenvalue weighted by atomic mass is 10.1. The van der Waals surface area contributed by atoms with Crippen LogP contribution < -0.4 is 0 Å². The number of thiol groups is 1. The van der Waals surface area contributed by atoms with Crippen molar-refractivity contribution in [2.45, 2.75) is 6.42 Å². The fourth-order valence-electron chi connectivity index (χ4n) is 1.60. The molecule has 1 heterocycles. The molecule has 0 fully saturated rings. The summed E-state index contributed by atoms with van der Waals surface area (Å²) in [5.41, 5.74) is 2.77. The first-order valence-corrected chi connectivity index (χ1v) is 6.01. The molecule has 1 aromatic carbocycles. The summed E-state index contributed by atoms with van der Waals surface area (Å²) in [7, 11) is 1.78. The summed E-state index contributed by atoms with van der Waals surface area (Å²) in [5, 5.41) is 0. The Morgan fingerprint density at radius 3 is 3.12 bits per heavy atom. The van der Waals surface area contributed by atoms with Crippen LogP contribution >= 0.6 is 12.6 Å². The molecule has 90 valence electrons. The van der Waals surface area contributed by atoms with E-state index in [1.165, 1.54) is 6.39 Å². The van der Waals surface area contributed by atoms with Gasteiger partial charge >= 0.3 is 0 Å². The van der Waals surface area contributed by atoms with E-state index in [1.54, 1.807) is 11.9 Å². The Morgan fingerprint density at radius 1 is 1.53 bits per heavy atom. The molecule has 0 spiro atoms. The van der Waals surface area contributed by atoms with E-state index in [0.29, 0.717) is 6.54 Å². The van der Waals surface area contributed by atoms with Crippen molar-refractivity contribution in [3.05, 3.63) is 30.2 Å². The molecule has 0 aliphatic carbocycles. The molecule has 0 aliphatic heterocycles. The average Bonchev–Trinajstić information content (AvgIpc) is 2.82. The molecule has 0 atom stereocenters. The SMILES string of the molecule is CN(CCc1ccc2ncoc2c1)C(=O)CS. The van der Waals surface area contributed by atoms with Gasteiger partial charge in [-0.3, -0.25) is 4.79 Å². The number of rotatable bonds is 4. The van der Waals surface area contributed by atoms with Gasteiger partial charge in [-0.15, -0.1) is 0 Å². The number of hydrogen-bond acceptors (Lipinski definition) is 4. The molecule has 2 rings (SSSR count). The van der Waals surface area contributed by atoms with Crippen molar-refractivity contribution in [1.82, 2.24) is 9.88 Å². The van der Waals surface area contributed by atoms with E-state index in [1.807, 2.05) is 18.2 Å². The first kappa shape index (κ1) is 12.0. The molecule has 1 aromatic heterocycles. The quantitative estimate of drug-likeness (QED) is 0.841. The number of aromatic nitrogens is 1. The van der Waals surface area contributed by atoms with Gasteiger partial charge in [0, 0.05) is 13.6 Å². The third kappa shape index (κ3) is 2.79. The maximum atomic E-state index is 11.3. The van der Waals surface area contributed by atoms with E-state index in [0.717, 1.165) is 23.1 Å². The molecular formula is C12H14N2O2S. The first-order valence-electron chi connectivity index (χ1n) is 5.37. The number of fused-ring (bicyclic) bond motifs is 1. The molecule has 0 unspecified atom stereocenters. The average molecular weight is 250 g/mol. The van der Waals surface area contributed by atoms with Gasteiger partial charge in [0.05, 0.1) is 5.75 Å². The van der Waals surface area contributed by atoms with E-state index >= 15 is 0 Å². The largest absolute Gasteiger partial charge is 0.443 e. The van der Waals surface area contributed by atoms with E-state index in [9.17, 15) is 4.79 Å². The van der Waals surface area contributed by atoms with Gasteiger partial charge in [0.25, 0.3) is 0 Å². The van der Waals surface area contributed by atoms with Gasteiger partial charge in [0.15, 0.2) is 12.0 Å². The summed E-state index contributed by atoms with van der Waals surface area (Å²) >= 11 is 3.96. The minimum Gasteiger partial charge on any atom is -0.443 e. The zero-order chi connectivity index (χ0) is 12.3. The van der Waals surface area contributed by atoms with E-state index in [2.05, 4.69) is 17.6 Å². The molecular weight excluding hydrogens is 236 g/mol. The fraction of sp³-hybridized carbons (Fsp3) is 0.333. The van der Waals surface area contributed by atoms with E-state index in [4.69, 9.17) is 4.42 Å². The molecule has 4 nitrogen and oxygen atoms in total. The van der Waals surface area contributed by atoms with Crippen molar-refractivity contribution in [3.63, 3.8) is 0 Å². The predicted octanol–water partition coefficient (Wildman–Crippen LogP) is 1.76. The van der Waals surface area contributed by atoms with Crippen LogP contribution in [0.4, 0.5) is 0 Å². The Bertz CT molecular complexity index is 524. The number of nitrogens with zero attached hydrogens (tertiary/aromatic N) is 2. The lowest BCUT2D eigenvalue weighted by Crippen LogP contribution is -2.29. The van der Waals surface area contributed by atoms with Gasteiger partial charge in [-0.2, -0.15) is 12.6 Å². The van der Waals surface area contributed by atoms with E-state index in [-0.39, 0.29) is 11.7 Å². The number of hydrogen-bond donors (Lipinski definition) is 1. The molecule has 17 heavy (non-hydrogen) atoms. The predicted molar refractivity (Wildman–Crippen MR) is 69.2 cm³/mol. The first-order chi connectivity index (χ1) is 8.20. The van der Waals surface area contributed by atoms with Crippen molar-refractivity contribution in [1.29, 1.82) is 0 Å². The highest BCUT2D eigenvalue weighted by molar-refractivity contribution is 7.81. The van der Waals surface area contributed by atoms with Crippen molar-refractivity contribution in [3.8, 4) is 0 Å². The summed E-state index contributed by atoms with van der Waals surface area (Å²) in [6.45, 7) is 0.680. The van der Waals surface area contributed by atoms with Crippen LogP contribution in [0.25, 0.3) is 11.1 Å². The Morgan fingerprint density at radius 2 is 2.35 bits per heavy atom. The second-order valence-electron chi connectivity index (χ2n) is 3.88. The fourth-order valence-corrected chi connectivity index (χ4v) is 1.84. The summed E-state index contributed by atoms with van der Waals surface area (Å²) in [5.74, 6) is 0.284. The molecule has 0 N–H and O–H groups in total. The van der Waals surface area contributed by atoms with Crippen LogP contribution in [-0.4, -0.2) is 35.1 Å². The van der Waals surface area contributed by atoms with Gasteiger partial charge in [-0.1, -0.05) is 6.07 Å². The number of carbonyl (C=O) groups is 1. The highest BCUT2D eigenvalue weighted by Gasteiger charge is 2.06. The van der Waals surface area contributed by atoms with Gasteiger partial charge in [0.1, 0.15) is 5.52 Å². The zero-order valence-electron chi connectivity index (χ0n) is 9.59. The zero-order valence-corrected chi connectivity index (χ0v) is 10.5. The normalized spacial score (nSPS) is 10.7. The van der Waals surface area contributed by atoms with Crippen LogP contribution in [-0.2, 0) is 11.2 Å². The molecule has 5 heteroatoms. The van der Waals surface area contributed by atoms with Crippen LogP contribution in [0.1, 0.15) is 5.56 Å². The third-order valence-corrected chi connectivity index (χ3v) is 2.96. The summed E-state index contributed by atoms with van der Waals surface area (Å²) in [4.78, 5) is 17.1. The molecule has 0 aliphatic rings. The Hall–Kier alpha value is -1.49. The van der Waals surface area contributed by atoms with Crippen LogP contribution in [0.2, 0.25) is 0 Å². The Balaban J connectivity index is 2.01. The maximum absolute atomic E-state index is 11.3. The van der Waals surface area contributed by atoms with Gasteiger partial charge < -0.3 is 9.32 Å². The third-order valence-electron chi connectivity index (χ3n) is 2.69. The molecule has 0 saturated carbocycles. The molecule has 0 saturated heterocycles. The summed E-state index contributed by atoms with van der Waals surface area (Å²) < 4.78 is 5.23. The summed E-state index contributed by atoms with van der Waals surface area (Å²) in [6, 6.07) is 5.89. The molecule has 0 radical (unpaired) electrons. The number of benzene rings is 1. The maximum Gasteiger partial charge on any atom is 0.232 e. The topological polar surface area (TPSA) is 46.3 Å². The van der Waals surface area contributed by atoms with Crippen LogP contribution in [0.5, 0.6) is 0 Å². The van der Waals surface area contributed by atoms with Crippen LogP contribution in [0, 0.1) is 0 Å². The number of amides is 1. The Kier molecular flexibility index (Phi) is 3.68. The van der Waals surface area contributed by atoms with Crippen molar-refractivity contribution < 1.29 is 9.21 Å². The smallest absolute Gasteiger partial charge is 0.232 e. The highest BCUT2D eigenvalue weighted by atomic mass is 32.1. The Labute approximate surface area is 105 Å². The van der Waals surface area contributed by atoms with Crippen LogP contribution in [0.3, 0.4) is 0 Å². The van der Waals surface area contributed by atoms with Gasteiger partial charge in [0.2, 0.25) is 5.91 Å².